The molecular formula is C45H30N4. The van der Waals surface area contributed by atoms with Crippen LogP contribution in [0.4, 0.5) is 0 Å². The summed E-state index contributed by atoms with van der Waals surface area (Å²) in [6.07, 6.45) is 0. The Morgan fingerprint density at radius 2 is 0.673 bits per heavy atom. The number of para-hydroxylation sites is 2. The Bertz CT molecular complexity index is 2480. The van der Waals surface area contributed by atoms with Gasteiger partial charge in [-0.2, -0.15) is 0 Å². The molecule has 2 heterocycles. The summed E-state index contributed by atoms with van der Waals surface area (Å²) in [7, 11) is 0. The Kier molecular flexibility index (Phi) is 7.10. The molecule has 0 saturated carbocycles. The lowest BCUT2D eigenvalue weighted by atomic mass is 9.97. The highest BCUT2D eigenvalue weighted by atomic mass is 15.0. The Labute approximate surface area is 284 Å². The molecule has 0 radical (unpaired) electrons. The number of aromatic nitrogens is 4. The van der Waals surface area contributed by atoms with Crippen LogP contribution >= 0.6 is 0 Å². The van der Waals surface area contributed by atoms with E-state index in [1.165, 1.54) is 27.4 Å². The van der Waals surface area contributed by atoms with Crippen molar-refractivity contribution in [3.05, 3.63) is 182 Å². The Morgan fingerprint density at radius 1 is 0.286 bits per heavy atom. The van der Waals surface area contributed by atoms with E-state index in [0.29, 0.717) is 17.5 Å². The van der Waals surface area contributed by atoms with Crippen molar-refractivity contribution in [1.82, 2.24) is 19.5 Å². The van der Waals surface area contributed by atoms with Gasteiger partial charge in [0.2, 0.25) is 0 Å². The fourth-order valence-electron chi connectivity index (χ4n) is 6.66. The maximum atomic E-state index is 4.94. The van der Waals surface area contributed by atoms with Crippen LogP contribution in [-0.2, 0) is 0 Å². The van der Waals surface area contributed by atoms with E-state index in [4.69, 9.17) is 15.0 Å². The van der Waals surface area contributed by atoms with E-state index in [9.17, 15) is 0 Å². The van der Waals surface area contributed by atoms with E-state index in [1.54, 1.807) is 0 Å². The van der Waals surface area contributed by atoms with Crippen molar-refractivity contribution in [2.45, 2.75) is 0 Å². The van der Waals surface area contributed by atoms with E-state index in [1.807, 2.05) is 60.7 Å². The highest BCUT2D eigenvalue weighted by Crippen LogP contribution is 2.34. The lowest BCUT2D eigenvalue weighted by Gasteiger charge is -2.11. The molecule has 49 heavy (non-hydrogen) atoms. The summed E-state index contributed by atoms with van der Waals surface area (Å²) in [5.41, 5.74) is 11.0. The van der Waals surface area contributed by atoms with Crippen molar-refractivity contribution in [2.24, 2.45) is 0 Å². The van der Waals surface area contributed by atoms with Gasteiger partial charge in [-0.25, -0.2) is 15.0 Å². The second-order valence-electron chi connectivity index (χ2n) is 12.1. The molecule has 0 bridgehead atoms. The molecule has 0 N–H and O–H groups in total. The van der Waals surface area contributed by atoms with Crippen LogP contribution in [0.15, 0.2) is 182 Å². The van der Waals surface area contributed by atoms with E-state index in [0.717, 1.165) is 39.1 Å². The van der Waals surface area contributed by atoms with Crippen LogP contribution in [0.1, 0.15) is 0 Å². The molecule has 0 amide bonds. The van der Waals surface area contributed by atoms with E-state index < -0.39 is 0 Å². The molecule has 0 aliphatic heterocycles. The predicted molar refractivity (Wildman–Crippen MR) is 201 cm³/mol. The van der Waals surface area contributed by atoms with Crippen molar-refractivity contribution in [3.8, 4) is 62.1 Å². The minimum Gasteiger partial charge on any atom is -0.309 e. The molecule has 0 aliphatic carbocycles. The minimum absolute atomic E-state index is 0.645. The number of fused-ring (bicyclic) bond motifs is 3. The quantitative estimate of drug-likeness (QED) is 0.184. The number of rotatable bonds is 6. The molecule has 0 saturated heterocycles. The van der Waals surface area contributed by atoms with Crippen LogP contribution in [0.25, 0.3) is 83.9 Å². The molecule has 9 aromatic rings. The van der Waals surface area contributed by atoms with Gasteiger partial charge in [-0.1, -0.05) is 146 Å². The van der Waals surface area contributed by atoms with Gasteiger partial charge in [-0.05, 0) is 58.7 Å². The molecule has 0 fully saturated rings. The average Bonchev–Trinajstić information content (AvgIpc) is 3.53. The number of hydrogen-bond donors (Lipinski definition) is 0. The smallest absolute Gasteiger partial charge is 0.164 e. The normalized spacial score (nSPS) is 11.3. The Balaban J connectivity index is 1.07. The van der Waals surface area contributed by atoms with Crippen molar-refractivity contribution >= 4 is 21.8 Å². The van der Waals surface area contributed by atoms with Gasteiger partial charge < -0.3 is 4.57 Å². The first-order valence-electron chi connectivity index (χ1n) is 16.5. The van der Waals surface area contributed by atoms with Crippen LogP contribution in [0.2, 0.25) is 0 Å². The van der Waals surface area contributed by atoms with Gasteiger partial charge >= 0.3 is 0 Å². The van der Waals surface area contributed by atoms with E-state index in [-0.39, 0.29) is 0 Å². The Hall–Kier alpha value is -6.65. The van der Waals surface area contributed by atoms with Crippen LogP contribution in [-0.4, -0.2) is 19.5 Å². The first kappa shape index (κ1) is 28.6. The van der Waals surface area contributed by atoms with Gasteiger partial charge in [0, 0.05) is 33.2 Å². The highest BCUT2D eigenvalue weighted by molar-refractivity contribution is 6.09. The SMILES string of the molecule is c1ccc(-c2nc(-c3ccccc3)nc(-c3cccc(-c4cccc(-c5ccc(-n6c7ccccc7c7ccccc76)cc5)c4)c3)n2)cc1. The third kappa shape index (κ3) is 5.35. The van der Waals surface area contributed by atoms with Gasteiger partial charge in [-0.3, -0.25) is 0 Å². The van der Waals surface area contributed by atoms with Gasteiger partial charge in [0.25, 0.3) is 0 Å². The summed E-state index contributed by atoms with van der Waals surface area (Å²) in [5.74, 6) is 1.95. The second kappa shape index (κ2) is 12.2. The summed E-state index contributed by atoms with van der Waals surface area (Å²) < 4.78 is 2.35. The van der Waals surface area contributed by atoms with Crippen molar-refractivity contribution in [3.63, 3.8) is 0 Å². The molecule has 230 valence electrons. The zero-order valence-corrected chi connectivity index (χ0v) is 26.6. The summed E-state index contributed by atoms with van der Waals surface area (Å²) in [6, 6.07) is 63.4. The standard InChI is InChI=1S/C45H30N4/c1-3-13-32(14-4-1)43-46-44(33-15-5-2-6-16-33)48-45(47-43)37-20-12-19-36(30-37)35-18-11-17-34(29-35)31-25-27-38(28-26-31)49-41-23-9-7-21-39(41)40-22-8-10-24-42(40)49/h1-30H. The third-order valence-corrected chi connectivity index (χ3v) is 9.05. The predicted octanol–water partition coefficient (Wildman–Crippen LogP) is 11.3. The summed E-state index contributed by atoms with van der Waals surface area (Å²) in [6.45, 7) is 0. The first-order chi connectivity index (χ1) is 24.3. The molecule has 0 atom stereocenters. The molecule has 0 spiro atoms. The molecular weight excluding hydrogens is 597 g/mol. The van der Waals surface area contributed by atoms with Crippen molar-refractivity contribution in [2.75, 3.05) is 0 Å². The van der Waals surface area contributed by atoms with Crippen molar-refractivity contribution < 1.29 is 0 Å². The van der Waals surface area contributed by atoms with Crippen molar-refractivity contribution in [1.29, 1.82) is 0 Å². The largest absolute Gasteiger partial charge is 0.309 e. The Morgan fingerprint density at radius 3 is 1.20 bits per heavy atom. The van der Waals surface area contributed by atoms with Crippen LogP contribution in [0, 0.1) is 0 Å². The monoisotopic (exact) mass is 626 g/mol. The van der Waals surface area contributed by atoms with Gasteiger partial charge in [-0.15, -0.1) is 0 Å². The van der Waals surface area contributed by atoms with Crippen LogP contribution in [0.3, 0.4) is 0 Å². The molecule has 7 aromatic carbocycles. The number of nitrogens with zero attached hydrogens (tertiary/aromatic N) is 4. The molecule has 2 aromatic heterocycles. The second-order valence-corrected chi connectivity index (χ2v) is 12.1. The third-order valence-electron chi connectivity index (χ3n) is 9.05. The fourth-order valence-corrected chi connectivity index (χ4v) is 6.66. The number of hydrogen-bond acceptors (Lipinski definition) is 3. The molecule has 0 aliphatic rings. The van der Waals surface area contributed by atoms with Gasteiger partial charge in [0.05, 0.1) is 11.0 Å². The molecule has 9 rings (SSSR count). The maximum Gasteiger partial charge on any atom is 0.164 e. The lowest BCUT2D eigenvalue weighted by Crippen LogP contribution is -2.00. The van der Waals surface area contributed by atoms with E-state index in [2.05, 4.69) is 126 Å². The number of benzene rings is 7. The maximum absolute atomic E-state index is 4.94. The molecule has 4 nitrogen and oxygen atoms in total. The lowest BCUT2D eigenvalue weighted by molar-refractivity contribution is 1.07. The zero-order valence-electron chi connectivity index (χ0n) is 26.6. The van der Waals surface area contributed by atoms with Gasteiger partial charge in [0.15, 0.2) is 17.5 Å². The topological polar surface area (TPSA) is 43.6 Å². The first-order valence-corrected chi connectivity index (χ1v) is 16.5. The van der Waals surface area contributed by atoms with Crippen LogP contribution < -0.4 is 0 Å². The zero-order chi connectivity index (χ0) is 32.6. The summed E-state index contributed by atoms with van der Waals surface area (Å²) >= 11 is 0. The average molecular weight is 627 g/mol. The minimum atomic E-state index is 0.645. The van der Waals surface area contributed by atoms with Crippen LogP contribution in [0.5, 0.6) is 0 Å². The summed E-state index contributed by atoms with van der Waals surface area (Å²) in [5, 5.41) is 2.53. The fraction of sp³-hybridized carbons (Fsp3) is 0. The van der Waals surface area contributed by atoms with Gasteiger partial charge in [0.1, 0.15) is 0 Å². The van der Waals surface area contributed by atoms with E-state index >= 15 is 0 Å². The molecule has 0 unspecified atom stereocenters. The highest BCUT2D eigenvalue weighted by Gasteiger charge is 2.14. The molecule has 4 heteroatoms. The summed E-state index contributed by atoms with van der Waals surface area (Å²) in [4.78, 5) is 14.7.